The summed E-state index contributed by atoms with van der Waals surface area (Å²) in [6, 6.07) is 9.26. The summed E-state index contributed by atoms with van der Waals surface area (Å²) < 4.78 is 0. The van der Waals surface area contributed by atoms with E-state index < -0.39 is 0 Å². The highest BCUT2D eigenvalue weighted by molar-refractivity contribution is 7.17. The predicted molar refractivity (Wildman–Crippen MR) is 103 cm³/mol. The molecule has 24 heavy (non-hydrogen) atoms. The Morgan fingerprint density at radius 2 is 1.92 bits per heavy atom. The van der Waals surface area contributed by atoms with Crippen LogP contribution in [0.3, 0.4) is 0 Å². The van der Waals surface area contributed by atoms with E-state index in [1.54, 1.807) is 11.3 Å². The zero-order chi connectivity index (χ0) is 16.5. The lowest BCUT2D eigenvalue weighted by Gasteiger charge is -2.14. The van der Waals surface area contributed by atoms with E-state index in [4.69, 9.17) is 11.6 Å². The molecular weight excluding hydrogens is 338 g/mol. The van der Waals surface area contributed by atoms with Crippen molar-refractivity contribution in [3.63, 3.8) is 0 Å². The van der Waals surface area contributed by atoms with Crippen LogP contribution in [0.4, 0.5) is 5.82 Å². The van der Waals surface area contributed by atoms with Crippen LogP contribution in [0.5, 0.6) is 0 Å². The Hall–Kier alpha value is -1.65. The lowest BCUT2D eigenvalue weighted by Crippen LogP contribution is -2.16. The number of hydrogen-bond acceptors (Lipinski definition) is 4. The average molecular weight is 358 g/mol. The van der Waals surface area contributed by atoms with Gasteiger partial charge in [0.15, 0.2) is 0 Å². The number of nitrogens with zero attached hydrogens (tertiary/aromatic N) is 2. The quantitative estimate of drug-likeness (QED) is 0.588. The van der Waals surface area contributed by atoms with Crippen molar-refractivity contribution in [2.24, 2.45) is 0 Å². The van der Waals surface area contributed by atoms with Gasteiger partial charge in [-0.3, -0.25) is 0 Å². The second kappa shape index (κ2) is 6.69. The first-order valence-electron chi connectivity index (χ1n) is 8.55. The molecule has 0 saturated heterocycles. The molecule has 3 aromatic rings. The molecule has 0 radical (unpaired) electrons. The zero-order valence-electron chi connectivity index (χ0n) is 13.7. The number of fused-ring (bicyclic) bond motifs is 1. The standard InChI is InChI=1S/C19H20ClN3S/c1-2-12-7-9-13(10-8-12)15-11-24-18-16(15)17(22-19(20)23-18)21-14-5-3-4-6-14/h7-11,14H,2-6H2,1H3,(H,21,22,23). The van der Waals surface area contributed by atoms with E-state index >= 15 is 0 Å². The lowest BCUT2D eigenvalue weighted by molar-refractivity contribution is 0.751. The van der Waals surface area contributed by atoms with E-state index in [1.165, 1.54) is 42.4 Å². The number of hydrogen-bond donors (Lipinski definition) is 1. The summed E-state index contributed by atoms with van der Waals surface area (Å²) in [4.78, 5) is 9.88. The summed E-state index contributed by atoms with van der Waals surface area (Å²) in [5.41, 5.74) is 3.75. The zero-order valence-corrected chi connectivity index (χ0v) is 15.3. The smallest absolute Gasteiger partial charge is 0.225 e. The van der Waals surface area contributed by atoms with Gasteiger partial charge in [-0.05, 0) is 42.0 Å². The highest BCUT2D eigenvalue weighted by atomic mass is 35.5. The monoisotopic (exact) mass is 357 g/mol. The molecule has 2 heterocycles. The van der Waals surface area contributed by atoms with E-state index in [0.717, 1.165) is 22.5 Å². The summed E-state index contributed by atoms with van der Waals surface area (Å²) in [6.07, 6.45) is 6.03. The number of anilines is 1. The summed E-state index contributed by atoms with van der Waals surface area (Å²) in [5, 5.41) is 7.19. The fraction of sp³-hybridized carbons (Fsp3) is 0.368. The van der Waals surface area contributed by atoms with Gasteiger partial charge >= 0.3 is 0 Å². The lowest BCUT2D eigenvalue weighted by atomic mass is 10.0. The third kappa shape index (κ3) is 3.01. The van der Waals surface area contributed by atoms with Gasteiger partial charge < -0.3 is 5.32 Å². The number of rotatable bonds is 4. The van der Waals surface area contributed by atoms with Crippen LogP contribution in [-0.4, -0.2) is 16.0 Å². The van der Waals surface area contributed by atoms with Gasteiger partial charge in [0, 0.05) is 17.0 Å². The largest absolute Gasteiger partial charge is 0.367 e. The molecule has 0 amide bonds. The Morgan fingerprint density at radius 1 is 1.17 bits per heavy atom. The number of aromatic nitrogens is 2. The molecule has 0 aliphatic heterocycles. The molecule has 1 aliphatic rings. The van der Waals surface area contributed by atoms with E-state index in [2.05, 4.69) is 51.9 Å². The van der Waals surface area contributed by atoms with Gasteiger partial charge in [-0.1, -0.05) is 44.0 Å². The van der Waals surface area contributed by atoms with Crippen LogP contribution in [0.2, 0.25) is 5.28 Å². The molecule has 4 rings (SSSR count). The first-order chi connectivity index (χ1) is 11.7. The topological polar surface area (TPSA) is 37.8 Å². The second-order valence-electron chi connectivity index (χ2n) is 6.35. The van der Waals surface area contributed by atoms with Crippen molar-refractivity contribution in [2.75, 3.05) is 5.32 Å². The van der Waals surface area contributed by atoms with Gasteiger partial charge in [-0.15, -0.1) is 11.3 Å². The minimum Gasteiger partial charge on any atom is -0.367 e. The van der Waals surface area contributed by atoms with Crippen molar-refractivity contribution in [1.82, 2.24) is 9.97 Å². The minimum absolute atomic E-state index is 0.317. The average Bonchev–Trinajstić information content (AvgIpc) is 3.24. The van der Waals surface area contributed by atoms with Crippen molar-refractivity contribution < 1.29 is 0 Å². The maximum absolute atomic E-state index is 6.15. The van der Waals surface area contributed by atoms with Crippen LogP contribution < -0.4 is 5.32 Å². The van der Waals surface area contributed by atoms with Gasteiger partial charge in [0.25, 0.3) is 0 Å². The van der Waals surface area contributed by atoms with E-state index in [9.17, 15) is 0 Å². The summed E-state index contributed by atoms with van der Waals surface area (Å²) >= 11 is 7.78. The molecule has 0 bridgehead atoms. The van der Waals surface area contributed by atoms with Crippen molar-refractivity contribution in [2.45, 2.75) is 45.1 Å². The van der Waals surface area contributed by atoms with Crippen molar-refractivity contribution in [3.8, 4) is 11.1 Å². The summed E-state index contributed by atoms with van der Waals surface area (Å²) in [5.74, 6) is 0.882. The van der Waals surface area contributed by atoms with Gasteiger partial charge in [0.1, 0.15) is 10.6 Å². The Bertz CT molecular complexity index is 851. The molecule has 2 aromatic heterocycles. The third-order valence-electron chi connectivity index (χ3n) is 4.78. The van der Waals surface area contributed by atoms with Crippen LogP contribution >= 0.6 is 22.9 Å². The molecule has 0 spiro atoms. The van der Waals surface area contributed by atoms with E-state index in [-0.39, 0.29) is 0 Å². The third-order valence-corrected chi connectivity index (χ3v) is 5.82. The maximum Gasteiger partial charge on any atom is 0.225 e. The molecule has 1 saturated carbocycles. The molecule has 124 valence electrons. The van der Waals surface area contributed by atoms with Crippen molar-refractivity contribution >= 4 is 39.0 Å². The van der Waals surface area contributed by atoms with Gasteiger partial charge in [0.2, 0.25) is 5.28 Å². The highest BCUT2D eigenvalue weighted by Crippen LogP contribution is 2.38. The minimum atomic E-state index is 0.317. The normalized spacial score (nSPS) is 15.2. The molecule has 3 nitrogen and oxygen atoms in total. The summed E-state index contributed by atoms with van der Waals surface area (Å²) in [6.45, 7) is 2.18. The molecule has 1 fully saturated rings. The first kappa shape index (κ1) is 15.9. The number of benzene rings is 1. The number of thiophene rings is 1. The Balaban J connectivity index is 1.80. The number of nitrogens with one attached hydrogen (secondary N) is 1. The number of aryl methyl sites for hydroxylation is 1. The SMILES string of the molecule is CCc1ccc(-c2csc3nc(Cl)nc(NC4CCCC4)c23)cc1. The predicted octanol–water partition coefficient (Wildman–Crippen LogP) is 5.93. The van der Waals surface area contributed by atoms with Gasteiger partial charge in [0.05, 0.1) is 5.39 Å². The molecular formula is C19H20ClN3S. The van der Waals surface area contributed by atoms with Crippen LogP contribution in [0.25, 0.3) is 21.3 Å². The van der Waals surface area contributed by atoms with Crippen LogP contribution in [0, 0.1) is 0 Å². The Labute approximate surface area is 151 Å². The van der Waals surface area contributed by atoms with Crippen LogP contribution in [0.15, 0.2) is 29.6 Å². The fourth-order valence-corrected chi connectivity index (χ4v) is 4.58. The molecule has 1 aromatic carbocycles. The number of halogens is 1. The van der Waals surface area contributed by atoms with Crippen LogP contribution in [0.1, 0.15) is 38.2 Å². The van der Waals surface area contributed by atoms with E-state index in [1.807, 2.05) is 0 Å². The first-order valence-corrected chi connectivity index (χ1v) is 9.81. The molecule has 5 heteroatoms. The molecule has 1 aliphatic carbocycles. The van der Waals surface area contributed by atoms with E-state index in [0.29, 0.717) is 11.3 Å². The maximum atomic E-state index is 6.15. The van der Waals surface area contributed by atoms with Crippen LogP contribution in [-0.2, 0) is 6.42 Å². The summed E-state index contributed by atoms with van der Waals surface area (Å²) in [7, 11) is 0. The Morgan fingerprint density at radius 3 is 2.62 bits per heavy atom. The Kier molecular flexibility index (Phi) is 4.42. The molecule has 1 N–H and O–H groups in total. The molecule has 0 atom stereocenters. The van der Waals surface area contributed by atoms with Crippen molar-refractivity contribution in [3.05, 3.63) is 40.5 Å². The highest BCUT2D eigenvalue weighted by Gasteiger charge is 2.20. The second-order valence-corrected chi connectivity index (χ2v) is 7.54. The molecule has 0 unspecified atom stereocenters. The van der Waals surface area contributed by atoms with Crippen molar-refractivity contribution in [1.29, 1.82) is 0 Å². The van der Waals surface area contributed by atoms with Gasteiger partial charge in [-0.2, -0.15) is 0 Å². The fourth-order valence-electron chi connectivity index (χ4n) is 3.42. The van der Waals surface area contributed by atoms with Gasteiger partial charge in [-0.25, -0.2) is 9.97 Å².